The summed E-state index contributed by atoms with van der Waals surface area (Å²) in [6.07, 6.45) is 9.20. The zero-order chi connectivity index (χ0) is 17.0. The Bertz CT molecular complexity index is 585. The number of carbonyl (C=O) groups is 1. The molecule has 1 aliphatic heterocycles. The van der Waals surface area contributed by atoms with Gasteiger partial charge in [-0.15, -0.1) is 0 Å². The quantitative estimate of drug-likeness (QED) is 0.838. The largest absolute Gasteiger partial charge is 0.478 e. The molecule has 0 bridgehead atoms. The predicted octanol–water partition coefficient (Wildman–Crippen LogP) is 3.65. The fourth-order valence-corrected chi connectivity index (χ4v) is 3.68. The Kier molecular flexibility index (Phi) is 5.24. The molecule has 1 aromatic carbocycles. The number of hydrogen-bond acceptors (Lipinski definition) is 3. The van der Waals surface area contributed by atoms with Crippen LogP contribution >= 0.6 is 0 Å². The van der Waals surface area contributed by atoms with Crippen LogP contribution in [0.2, 0.25) is 0 Å². The normalized spacial score (nSPS) is 23.8. The van der Waals surface area contributed by atoms with Gasteiger partial charge in [0.1, 0.15) is 5.75 Å². The van der Waals surface area contributed by atoms with Gasteiger partial charge in [-0.2, -0.15) is 0 Å². The summed E-state index contributed by atoms with van der Waals surface area (Å²) < 4.78 is 5.96. The molecule has 1 N–H and O–H groups in total. The van der Waals surface area contributed by atoms with Gasteiger partial charge in [-0.3, -0.25) is 0 Å². The highest BCUT2D eigenvalue weighted by molar-refractivity contribution is 5.78. The molecule has 2 aliphatic rings. The van der Waals surface area contributed by atoms with Crippen LogP contribution in [0.25, 0.3) is 0 Å². The number of carboxylic acids is 1. The van der Waals surface area contributed by atoms with Crippen molar-refractivity contribution < 1.29 is 14.6 Å². The molecule has 4 heteroatoms. The summed E-state index contributed by atoms with van der Waals surface area (Å²) in [6.45, 7) is 4.66. The minimum atomic E-state index is -1.09. The van der Waals surface area contributed by atoms with Crippen molar-refractivity contribution >= 4 is 5.97 Å². The average molecular weight is 329 g/mol. The van der Waals surface area contributed by atoms with Crippen molar-refractivity contribution in [2.24, 2.45) is 5.92 Å². The minimum absolute atomic E-state index is 0.540. The minimum Gasteiger partial charge on any atom is -0.478 e. The summed E-state index contributed by atoms with van der Waals surface area (Å²) in [6, 6.07) is 7.63. The van der Waals surface area contributed by atoms with Crippen LogP contribution in [-0.2, 0) is 4.79 Å². The van der Waals surface area contributed by atoms with E-state index in [4.69, 9.17) is 4.74 Å². The smallest absolute Gasteiger partial charge is 0.348 e. The molecule has 24 heavy (non-hydrogen) atoms. The zero-order valence-electron chi connectivity index (χ0n) is 14.4. The number of hydrogen-bond donors (Lipinski definition) is 1. The first-order valence-corrected chi connectivity index (χ1v) is 8.94. The van der Waals surface area contributed by atoms with E-state index in [-0.39, 0.29) is 0 Å². The maximum absolute atomic E-state index is 11.9. The van der Waals surface area contributed by atoms with E-state index < -0.39 is 11.6 Å². The molecule has 4 nitrogen and oxygen atoms in total. The summed E-state index contributed by atoms with van der Waals surface area (Å²) in [4.78, 5) is 14.3. The highest BCUT2D eigenvalue weighted by Crippen LogP contribution is 2.30. The Balaban J connectivity index is 1.60. The Hall–Kier alpha value is -1.81. The lowest BCUT2D eigenvalue weighted by molar-refractivity contribution is -0.159. The lowest BCUT2D eigenvalue weighted by Crippen LogP contribution is -2.53. The van der Waals surface area contributed by atoms with E-state index in [1.165, 1.54) is 12.8 Å². The second-order valence-corrected chi connectivity index (χ2v) is 7.17. The fraction of sp³-hybridized carbons (Fsp3) is 0.550. The third-order valence-electron chi connectivity index (χ3n) is 5.28. The van der Waals surface area contributed by atoms with E-state index in [0.717, 1.165) is 31.6 Å². The number of benzene rings is 1. The number of nitrogens with zero attached hydrogens (tertiary/aromatic N) is 1. The molecule has 3 rings (SSSR count). The Morgan fingerprint density at radius 2 is 1.96 bits per heavy atom. The van der Waals surface area contributed by atoms with Crippen molar-refractivity contribution in [1.29, 1.82) is 0 Å². The SMILES string of the molecule is Cc1ccc(OC2(C(=O)O)CCN(C[C@H]3CC=CCC3)CC2)cc1. The van der Waals surface area contributed by atoms with Crippen LogP contribution in [0.4, 0.5) is 0 Å². The third kappa shape index (κ3) is 3.99. The van der Waals surface area contributed by atoms with Crippen molar-refractivity contribution in [2.75, 3.05) is 19.6 Å². The van der Waals surface area contributed by atoms with Crippen molar-refractivity contribution in [3.05, 3.63) is 42.0 Å². The van der Waals surface area contributed by atoms with Gasteiger partial charge in [-0.05, 0) is 44.2 Å². The van der Waals surface area contributed by atoms with Gasteiger partial charge < -0.3 is 14.7 Å². The molecule has 0 unspecified atom stereocenters. The molecule has 0 radical (unpaired) electrons. The molecular formula is C20H27NO3. The Morgan fingerprint density at radius 1 is 1.25 bits per heavy atom. The van der Waals surface area contributed by atoms with Crippen LogP contribution in [-0.4, -0.2) is 41.2 Å². The van der Waals surface area contributed by atoms with Gasteiger partial charge in [0.2, 0.25) is 5.60 Å². The van der Waals surface area contributed by atoms with Crippen LogP contribution < -0.4 is 4.74 Å². The van der Waals surface area contributed by atoms with Crippen molar-refractivity contribution in [1.82, 2.24) is 4.90 Å². The molecule has 1 heterocycles. The van der Waals surface area contributed by atoms with Gasteiger partial charge >= 0.3 is 5.97 Å². The molecule has 0 amide bonds. The van der Waals surface area contributed by atoms with Gasteiger partial charge in [-0.1, -0.05) is 29.8 Å². The van der Waals surface area contributed by atoms with Gasteiger partial charge in [0.25, 0.3) is 0 Å². The number of allylic oxidation sites excluding steroid dienone is 2. The van der Waals surface area contributed by atoms with Gasteiger partial charge in [0, 0.05) is 32.5 Å². The van der Waals surface area contributed by atoms with E-state index in [1.807, 2.05) is 31.2 Å². The van der Waals surface area contributed by atoms with E-state index >= 15 is 0 Å². The monoisotopic (exact) mass is 329 g/mol. The summed E-state index contributed by atoms with van der Waals surface area (Å²) in [5.74, 6) is 0.516. The number of ether oxygens (including phenoxy) is 1. The first-order valence-electron chi connectivity index (χ1n) is 8.94. The maximum Gasteiger partial charge on any atom is 0.348 e. The predicted molar refractivity (Wildman–Crippen MR) is 94.3 cm³/mol. The number of likely N-dealkylation sites (tertiary alicyclic amines) is 1. The molecular weight excluding hydrogens is 302 g/mol. The number of aliphatic carboxylic acids is 1. The average Bonchev–Trinajstić information content (AvgIpc) is 2.59. The van der Waals surface area contributed by atoms with Crippen LogP contribution in [0.5, 0.6) is 5.75 Å². The van der Waals surface area contributed by atoms with Crippen LogP contribution in [0, 0.1) is 12.8 Å². The first-order chi connectivity index (χ1) is 11.6. The highest BCUT2D eigenvalue weighted by Gasteiger charge is 2.44. The molecule has 130 valence electrons. The molecule has 1 aromatic rings. The number of piperidine rings is 1. The topological polar surface area (TPSA) is 49.8 Å². The molecule has 0 spiro atoms. The van der Waals surface area contributed by atoms with Gasteiger partial charge in [-0.25, -0.2) is 4.79 Å². The zero-order valence-corrected chi connectivity index (χ0v) is 14.4. The summed E-state index contributed by atoms with van der Waals surface area (Å²) >= 11 is 0. The van der Waals surface area contributed by atoms with Crippen LogP contribution in [0.3, 0.4) is 0 Å². The van der Waals surface area contributed by atoms with E-state index in [0.29, 0.717) is 24.5 Å². The molecule has 1 atom stereocenters. The van der Waals surface area contributed by atoms with Crippen LogP contribution in [0.15, 0.2) is 36.4 Å². The maximum atomic E-state index is 11.9. The standard InChI is InChI=1S/C20H27NO3/c1-16-7-9-18(10-8-16)24-20(19(22)23)11-13-21(14-12-20)15-17-5-3-2-4-6-17/h2-3,7-10,17H,4-6,11-15H2,1H3,(H,22,23)/t17-/m0/s1. The van der Waals surface area contributed by atoms with Crippen molar-refractivity contribution in [3.8, 4) is 5.75 Å². The lowest BCUT2D eigenvalue weighted by Gasteiger charge is -2.40. The van der Waals surface area contributed by atoms with Crippen molar-refractivity contribution in [3.63, 3.8) is 0 Å². The third-order valence-corrected chi connectivity index (χ3v) is 5.28. The lowest BCUT2D eigenvalue weighted by atomic mass is 9.88. The van der Waals surface area contributed by atoms with Gasteiger partial charge in [0.05, 0.1) is 0 Å². The number of carboxylic acid groups (broad SMARTS) is 1. The highest BCUT2D eigenvalue weighted by atomic mass is 16.5. The molecule has 1 saturated heterocycles. The molecule has 1 fully saturated rings. The number of aryl methyl sites for hydroxylation is 1. The van der Waals surface area contributed by atoms with E-state index in [9.17, 15) is 9.90 Å². The summed E-state index contributed by atoms with van der Waals surface area (Å²) in [5, 5.41) is 9.76. The molecule has 0 aromatic heterocycles. The van der Waals surface area contributed by atoms with E-state index in [2.05, 4.69) is 17.1 Å². The molecule has 0 saturated carbocycles. The van der Waals surface area contributed by atoms with Crippen LogP contribution in [0.1, 0.15) is 37.7 Å². The Morgan fingerprint density at radius 3 is 2.54 bits per heavy atom. The van der Waals surface area contributed by atoms with Gasteiger partial charge in [0.15, 0.2) is 0 Å². The molecule has 1 aliphatic carbocycles. The summed E-state index contributed by atoms with van der Waals surface area (Å²) in [7, 11) is 0. The second-order valence-electron chi connectivity index (χ2n) is 7.17. The Labute approximate surface area is 144 Å². The second kappa shape index (κ2) is 7.39. The fourth-order valence-electron chi connectivity index (χ4n) is 3.68. The van der Waals surface area contributed by atoms with Crippen molar-refractivity contribution in [2.45, 2.75) is 44.6 Å². The van der Waals surface area contributed by atoms with E-state index in [1.54, 1.807) is 0 Å². The number of rotatable bonds is 5. The summed E-state index contributed by atoms with van der Waals surface area (Å²) in [5.41, 5.74) is 0.0566. The first kappa shape index (κ1) is 17.0.